The van der Waals surface area contributed by atoms with Gasteiger partial charge in [-0.25, -0.2) is 0 Å². The number of nitrogens with two attached hydrogens (primary N) is 1. The summed E-state index contributed by atoms with van der Waals surface area (Å²) in [5.41, 5.74) is 5.23. The standard InChI is InChI=1S/C13H19ClN2O3/c1-13(2,12(15)18)7-16-6-8-4-9(14)5-10(19-3)11(8)17/h4-5,16-17H,6-7H2,1-3H3,(H2,15,18). The summed E-state index contributed by atoms with van der Waals surface area (Å²) in [7, 11) is 1.46. The molecule has 0 fully saturated rings. The predicted molar refractivity (Wildman–Crippen MR) is 74.4 cm³/mol. The zero-order valence-corrected chi connectivity index (χ0v) is 12.0. The van der Waals surface area contributed by atoms with Crippen molar-refractivity contribution in [2.45, 2.75) is 20.4 Å². The minimum absolute atomic E-state index is 0.0382. The van der Waals surface area contributed by atoms with Gasteiger partial charge < -0.3 is 20.9 Å². The van der Waals surface area contributed by atoms with Gasteiger partial charge in [0.15, 0.2) is 11.5 Å². The Morgan fingerprint density at radius 1 is 1.53 bits per heavy atom. The lowest BCUT2D eigenvalue weighted by Crippen LogP contribution is -2.40. The molecule has 1 aromatic rings. The van der Waals surface area contributed by atoms with Crippen LogP contribution in [0.3, 0.4) is 0 Å². The summed E-state index contributed by atoms with van der Waals surface area (Å²) in [6.07, 6.45) is 0. The molecule has 0 spiro atoms. The number of hydrogen-bond acceptors (Lipinski definition) is 4. The topological polar surface area (TPSA) is 84.6 Å². The first-order valence-corrected chi connectivity index (χ1v) is 6.21. The molecule has 0 heterocycles. The lowest BCUT2D eigenvalue weighted by atomic mass is 9.93. The van der Waals surface area contributed by atoms with Gasteiger partial charge in [-0.1, -0.05) is 11.6 Å². The van der Waals surface area contributed by atoms with Crippen molar-refractivity contribution in [3.8, 4) is 11.5 Å². The highest BCUT2D eigenvalue weighted by molar-refractivity contribution is 6.30. The lowest BCUT2D eigenvalue weighted by molar-refractivity contribution is -0.125. The fourth-order valence-corrected chi connectivity index (χ4v) is 1.75. The summed E-state index contributed by atoms with van der Waals surface area (Å²) in [5.74, 6) is -0.0253. The number of aromatic hydroxyl groups is 1. The first-order valence-electron chi connectivity index (χ1n) is 5.84. The molecule has 0 radical (unpaired) electrons. The van der Waals surface area contributed by atoms with Crippen LogP contribution in [-0.4, -0.2) is 24.7 Å². The monoisotopic (exact) mass is 286 g/mol. The van der Waals surface area contributed by atoms with Crippen molar-refractivity contribution in [1.82, 2.24) is 5.32 Å². The highest BCUT2D eigenvalue weighted by atomic mass is 35.5. The van der Waals surface area contributed by atoms with E-state index in [-0.39, 0.29) is 11.7 Å². The number of phenolic OH excluding ortho intramolecular Hbond substituents is 1. The molecule has 19 heavy (non-hydrogen) atoms. The number of rotatable bonds is 6. The fourth-order valence-electron chi connectivity index (χ4n) is 1.52. The van der Waals surface area contributed by atoms with Gasteiger partial charge in [-0.05, 0) is 19.9 Å². The maximum atomic E-state index is 11.2. The maximum absolute atomic E-state index is 11.2. The van der Waals surface area contributed by atoms with Gasteiger partial charge in [-0.15, -0.1) is 0 Å². The van der Waals surface area contributed by atoms with Crippen LogP contribution < -0.4 is 15.8 Å². The van der Waals surface area contributed by atoms with E-state index in [9.17, 15) is 9.90 Å². The molecule has 1 aromatic carbocycles. The fraction of sp³-hybridized carbons (Fsp3) is 0.462. The van der Waals surface area contributed by atoms with Crippen LogP contribution in [-0.2, 0) is 11.3 Å². The molecule has 0 atom stereocenters. The summed E-state index contributed by atoms with van der Waals surface area (Å²) in [6, 6.07) is 3.18. The van der Waals surface area contributed by atoms with Crippen molar-refractivity contribution >= 4 is 17.5 Å². The second-order valence-electron chi connectivity index (χ2n) is 4.97. The highest BCUT2D eigenvalue weighted by Gasteiger charge is 2.24. The minimum atomic E-state index is -0.654. The first kappa shape index (κ1) is 15.6. The largest absolute Gasteiger partial charge is 0.504 e. The van der Waals surface area contributed by atoms with Crippen molar-refractivity contribution in [3.05, 3.63) is 22.7 Å². The van der Waals surface area contributed by atoms with Crippen LogP contribution in [0.4, 0.5) is 0 Å². The van der Waals surface area contributed by atoms with Gasteiger partial charge in [0.1, 0.15) is 0 Å². The molecule has 0 aliphatic carbocycles. The predicted octanol–water partition coefficient (Wildman–Crippen LogP) is 1.66. The summed E-state index contributed by atoms with van der Waals surface area (Å²) in [5, 5.41) is 13.5. The molecule has 0 unspecified atom stereocenters. The molecule has 0 aliphatic heterocycles. The van der Waals surface area contributed by atoms with Crippen molar-refractivity contribution in [2.24, 2.45) is 11.1 Å². The van der Waals surface area contributed by atoms with E-state index in [2.05, 4.69) is 5.32 Å². The Hall–Kier alpha value is -1.46. The molecule has 0 bridgehead atoms. The van der Waals surface area contributed by atoms with Crippen molar-refractivity contribution in [3.63, 3.8) is 0 Å². The van der Waals surface area contributed by atoms with Gasteiger partial charge in [-0.3, -0.25) is 4.79 Å². The summed E-state index contributed by atoms with van der Waals surface area (Å²) in [4.78, 5) is 11.2. The van der Waals surface area contributed by atoms with E-state index in [1.165, 1.54) is 13.2 Å². The van der Waals surface area contributed by atoms with Gasteiger partial charge in [0.05, 0.1) is 12.5 Å². The van der Waals surface area contributed by atoms with Gasteiger partial charge in [-0.2, -0.15) is 0 Å². The number of nitrogens with one attached hydrogen (secondary N) is 1. The third-order valence-corrected chi connectivity index (χ3v) is 3.11. The lowest BCUT2D eigenvalue weighted by Gasteiger charge is -2.21. The van der Waals surface area contributed by atoms with Gasteiger partial charge >= 0.3 is 0 Å². The molecule has 0 saturated carbocycles. The number of carbonyl (C=O) groups is 1. The third kappa shape index (κ3) is 4.01. The number of primary amides is 1. The molecule has 106 valence electrons. The Morgan fingerprint density at radius 2 is 2.16 bits per heavy atom. The Labute approximate surface area is 117 Å². The average Bonchev–Trinajstić information content (AvgIpc) is 2.32. The number of methoxy groups -OCH3 is 1. The van der Waals surface area contributed by atoms with E-state index >= 15 is 0 Å². The molecule has 5 nitrogen and oxygen atoms in total. The summed E-state index contributed by atoms with van der Waals surface area (Å²) >= 11 is 5.93. The van der Waals surface area contributed by atoms with Crippen LogP contribution in [0.2, 0.25) is 5.02 Å². The highest BCUT2D eigenvalue weighted by Crippen LogP contribution is 2.33. The maximum Gasteiger partial charge on any atom is 0.224 e. The van der Waals surface area contributed by atoms with Crippen molar-refractivity contribution in [2.75, 3.05) is 13.7 Å². The molecule has 0 aromatic heterocycles. The van der Waals surface area contributed by atoms with E-state index < -0.39 is 5.41 Å². The first-order chi connectivity index (χ1) is 8.77. The second kappa shape index (κ2) is 6.12. The molecule has 0 saturated heterocycles. The Kier molecular flexibility index (Phi) is 5.03. The van der Waals surface area contributed by atoms with E-state index in [4.69, 9.17) is 22.1 Å². The Bertz CT molecular complexity index is 475. The zero-order valence-electron chi connectivity index (χ0n) is 11.3. The van der Waals surface area contributed by atoms with E-state index in [1.807, 2.05) is 0 Å². The summed E-state index contributed by atoms with van der Waals surface area (Å²) < 4.78 is 5.02. The van der Waals surface area contributed by atoms with Gasteiger partial charge in [0.2, 0.25) is 5.91 Å². The zero-order chi connectivity index (χ0) is 14.6. The smallest absolute Gasteiger partial charge is 0.224 e. The van der Waals surface area contributed by atoms with Crippen molar-refractivity contribution < 1.29 is 14.6 Å². The molecule has 4 N–H and O–H groups in total. The van der Waals surface area contributed by atoms with Crippen LogP contribution in [0.15, 0.2) is 12.1 Å². The normalized spacial score (nSPS) is 11.4. The van der Waals surface area contributed by atoms with Crippen LogP contribution in [0, 0.1) is 5.41 Å². The van der Waals surface area contributed by atoms with Gasteiger partial charge in [0, 0.05) is 29.7 Å². The minimum Gasteiger partial charge on any atom is -0.504 e. The quantitative estimate of drug-likeness (QED) is 0.742. The molecule has 1 amide bonds. The number of amides is 1. The average molecular weight is 287 g/mol. The third-order valence-electron chi connectivity index (χ3n) is 2.89. The Balaban J connectivity index is 2.74. The number of halogens is 1. The molecular formula is C13H19ClN2O3. The Morgan fingerprint density at radius 3 is 2.68 bits per heavy atom. The summed E-state index contributed by atoms with van der Waals surface area (Å²) in [6.45, 7) is 4.26. The van der Waals surface area contributed by atoms with E-state index in [0.717, 1.165) is 0 Å². The number of hydrogen-bond donors (Lipinski definition) is 3. The van der Waals surface area contributed by atoms with Crippen molar-refractivity contribution in [1.29, 1.82) is 0 Å². The number of carbonyl (C=O) groups excluding carboxylic acids is 1. The van der Waals surface area contributed by atoms with Crippen LogP contribution in [0.1, 0.15) is 19.4 Å². The van der Waals surface area contributed by atoms with Crippen LogP contribution in [0.5, 0.6) is 11.5 Å². The molecule has 0 aliphatic rings. The number of phenols is 1. The number of benzene rings is 1. The van der Waals surface area contributed by atoms with E-state index in [1.54, 1.807) is 19.9 Å². The molecule has 1 rings (SSSR count). The van der Waals surface area contributed by atoms with E-state index in [0.29, 0.717) is 29.4 Å². The molecule has 6 heteroatoms. The van der Waals surface area contributed by atoms with Gasteiger partial charge in [0.25, 0.3) is 0 Å². The SMILES string of the molecule is COc1cc(Cl)cc(CNCC(C)(C)C(N)=O)c1O. The number of ether oxygens (including phenoxy) is 1. The second-order valence-corrected chi connectivity index (χ2v) is 5.40. The van der Waals surface area contributed by atoms with Crippen LogP contribution >= 0.6 is 11.6 Å². The van der Waals surface area contributed by atoms with Crippen LogP contribution in [0.25, 0.3) is 0 Å². The molecular weight excluding hydrogens is 268 g/mol.